The summed E-state index contributed by atoms with van der Waals surface area (Å²) in [6, 6.07) is 16.8. The van der Waals surface area contributed by atoms with Crippen molar-refractivity contribution in [3.05, 3.63) is 66.0 Å². The van der Waals surface area contributed by atoms with Crippen molar-refractivity contribution in [1.29, 1.82) is 0 Å². The lowest BCUT2D eigenvalue weighted by Crippen LogP contribution is -2.41. The zero-order valence-electron chi connectivity index (χ0n) is 13.9. The first-order valence-corrected chi connectivity index (χ1v) is 8.50. The van der Waals surface area contributed by atoms with Gasteiger partial charge in [0.25, 0.3) is 0 Å². The second-order valence-electron chi connectivity index (χ2n) is 6.35. The molecule has 3 rings (SSSR count). The van der Waals surface area contributed by atoms with E-state index in [1.165, 1.54) is 6.07 Å². The summed E-state index contributed by atoms with van der Waals surface area (Å²) in [5.74, 6) is -0.100. The maximum atomic E-state index is 13.9. The molecule has 1 amide bonds. The molecule has 4 heteroatoms. The number of rotatable bonds is 4. The van der Waals surface area contributed by atoms with E-state index in [2.05, 4.69) is 5.32 Å². The van der Waals surface area contributed by atoms with E-state index in [0.29, 0.717) is 18.8 Å². The number of carbonyl (C=O) groups excluding carboxylic acids is 1. The second kappa shape index (κ2) is 7.47. The Morgan fingerprint density at radius 1 is 1.08 bits per heavy atom. The van der Waals surface area contributed by atoms with Gasteiger partial charge in [-0.15, -0.1) is 0 Å². The van der Waals surface area contributed by atoms with E-state index in [4.69, 9.17) is 0 Å². The third-order valence-electron chi connectivity index (χ3n) is 4.72. The highest BCUT2D eigenvalue weighted by atomic mass is 19.1. The molecule has 1 saturated heterocycles. The first-order valence-electron chi connectivity index (χ1n) is 8.50. The number of anilines is 1. The van der Waals surface area contributed by atoms with Crippen molar-refractivity contribution < 1.29 is 9.18 Å². The van der Waals surface area contributed by atoms with E-state index < -0.39 is 0 Å². The molecular weight excluding hydrogens is 303 g/mol. The van der Waals surface area contributed by atoms with Crippen molar-refractivity contribution >= 4 is 11.6 Å². The maximum absolute atomic E-state index is 13.9. The Hall–Kier alpha value is -2.36. The standard InChI is InChI=1S/C20H23FN2O/c1-15(16-7-3-2-4-8-16)22-20(24)17-11-13-23(14-12-17)19-10-6-5-9-18(19)21/h2-10,15,17H,11-14H2,1H3,(H,22,24). The molecule has 2 aromatic rings. The smallest absolute Gasteiger partial charge is 0.223 e. The highest BCUT2D eigenvalue weighted by Gasteiger charge is 2.26. The molecule has 3 nitrogen and oxygen atoms in total. The van der Waals surface area contributed by atoms with Gasteiger partial charge in [-0.2, -0.15) is 0 Å². The summed E-state index contributed by atoms with van der Waals surface area (Å²) in [4.78, 5) is 14.5. The normalized spacial score (nSPS) is 16.7. The number of hydrogen-bond acceptors (Lipinski definition) is 2. The number of carbonyl (C=O) groups is 1. The second-order valence-corrected chi connectivity index (χ2v) is 6.35. The summed E-state index contributed by atoms with van der Waals surface area (Å²) in [7, 11) is 0. The van der Waals surface area contributed by atoms with Crippen LogP contribution in [0.25, 0.3) is 0 Å². The minimum absolute atomic E-state index is 0.000754. The van der Waals surface area contributed by atoms with Crippen molar-refractivity contribution in [3.63, 3.8) is 0 Å². The fourth-order valence-corrected chi connectivity index (χ4v) is 3.25. The number of nitrogens with one attached hydrogen (secondary N) is 1. The summed E-state index contributed by atoms with van der Waals surface area (Å²) in [6.45, 7) is 3.42. The van der Waals surface area contributed by atoms with Crippen molar-refractivity contribution in [3.8, 4) is 0 Å². The number of piperidine rings is 1. The highest BCUT2D eigenvalue weighted by Crippen LogP contribution is 2.26. The molecule has 1 heterocycles. The third kappa shape index (κ3) is 3.75. The Morgan fingerprint density at radius 2 is 1.71 bits per heavy atom. The number of nitrogens with zero attached hydrogens (tertiary/aromatic N) is 1. The molecule has 1 atom stereocenters. The van der Waals surface area contributed by atoms with Crippen molar-refractivity contribution in [2.45, 2.75) is 25.8 Å². The predicted octanol–water partition coefficient (Wildman–Crippen LogP) is 3.92. The summed E-state index contributed by atoms with van der Waals surface area (Å²) < 4.78 is 13.9. The summed E-state index contributed by atoms with van der Waals surface area (Å²) in [6.07, 6.45) is 1.50. The van der Waals surface area contributed by atoms with Gasteiger partial charge in [-0.05, 0) is 37.5 Å². The van der Waals surface area contributed by atoms with Gasteiger partial charge in [-0.25, -0.2) is 4.39 Å². The third-order valence-corrected chi connectivity index (χ3v) is 4.72. The molecule has 126 valence electrons. The SMILES string of the molecule is CC(NC(=O)C1CCN(c2ccccc2F)CC1)c1ccccc1. The van der Waals surface area contributed by atoms with E-state index in [-0.39, 0.29) is 23.7 Å². The maximum Gasteiger partial charge on any atom is 0.223 e. The molecule has 1 aliphatic rings. The van der Waals surface area contributed by atoms with Gasteiger partial charge in [0, 0.05) is 19.0 Å². The minimum atomic E-state index is -0.196. The Kier molecular flexibility index (Phi) is 5.14. The van der Waals surface area contributed by atoms with Crippen LogP contribution in [-0.4, -0.2) is 19.0 Å². The van der Waals surface area contributed by atoms with Crippen LogP contribution in [0.4, 0.5) is 10.1 Å². The Labute approximate surface area is 142 Å². The average Bonchev–Trinajstić information content (AvgIpc) is 2.63. The molecule has 0 aromatic heterocycles. The lowest BCUT2D eigenvalue weighted by molar-refractivity contribution is -0.126. The lowest BCUT2D eigenvalue weighted by atomic mass is 9.94. The zero-order chi connectivity index (χ0) is 16.9. The van der Waals surface area contributed by atoms with E-state index in [1.54, 1.807) is 12.1 Å². The quantitative estimate of drug-likeness (QED) is 0.923. The van der Waals surface area contributed by atoms with Crippen LogP contribution in [0.2, 0.25) is 0 Å². The molecule has 0 aliphatic carbocycles. The van der Waals surface area contributed by atoms with E-state index in [1.807, 2.05) is 48.2 Å². The molecule has 1 fully saturated rings. The van der Waals surface area contributed by atoms with E-state index >= 15 is 0 Å². The molecule has 24 heavy (non-hydrogen) atoms. The molecule has 1 N–H and O–H groups in total. The van der Waals surface area contributed by atoms with Crippen molar-refractivity contribution in [2.24, 2.45) is 5.92 Å². The van der Waals surface area contributed by atoms with Crippen LogP contribution in [0.5, 0.6) is 0 Å². The van der Waals surface area contributed by atoms with Gasteiger partial charge >= 0.3 is 0 Å². The largest absolute Gasteiger partial charge is 0.369 e. The average molecular weight is 326 g/mol. The molecule has 0 saturated carbocycles. The molecule has 2 aromatic carbocycles. The predicted molar refractivity (Wildman–Crippen MR) is 94.3 cm³/mol. The van der Waals surface area contributed by atoms with Crippen LogP contribution >= 0.6 is 0 Å². The number of para-hydroxylation sites is 1. The van der Waals surface area contributed by atoms with Gasteiger partial charge < -0.3 is 10.2 Å². The van der Waals surface area contributed by atoms with E-state index in [9.17, 15) is 9.18 Å². The van der Waals surface area contributed by atoms with Crippen LogP contribution in [0, 0.1) is 11.7 Å². The van der Waals surface area contributed by atoms with Gasteiger partial charge in [0.05, 0.1) is 11.7 Å². The van der Waals surface area contributed by atoms with Gasteiger partial charge in [0.2, 0.25) is 5.91 Å². The first-order chi connectivity index (χ1) is 11.6. The number of halogens is 1. The Bertz CT molecular complexity index is 681. The number of amides is 1. The summed E-state index contributed by atoms with van der Waals surface area (Å²) >= 11 is 0. The van der Waals surface area contributed by atoms with Crippen LogP contribution in [0.15, 0.2) is 54.6 Å². The number of benzene rings is 2. The van der Waals surface area contributed by atoms with Crippen LogP contribution in [0.3, 0.4) is 0 Å². The Balaban J connectivity index is 1.55. The van der Waals surface area contributed by atoms with Crippen molar-refractivity contribution in [2.75, 3.05) is 18.0 Å². The van der Waals surface area contributed by atoms with Gasteiger partial charge in [0.15, 0.2) is 0 Å². The lowest BCUT2D eigenvalue weighted by Gasteiger charge is -2.33. The fourth-order valence-electron chi connectivity index (χ4n) is 3.25. The van der Waals surface area contributed by atoms with Gasteiger partial charge in [0.1, 0.15) is 5.82 Å². The topological polar surface area (TPSA) is 32.3 Å². The molecule has 0 bridgehead atoms. The fraction of sp³-hybridized carbons (Fsp3) is 0.350. The monoisotopic (exact) mass is 326 g/mol. The van der Waals surface area contributed by atoms with Crippen molar-refractivity contribution in [1.82, 2.24) is 5.32 Å². The molecular formula is C20H23FN2O. The zero-order valence-corrected chi connectivity index (χ0v) is 13.9. The molecule has 1 unspecified atom stereocenters. The highest BCUT2D eigenvalue weighted by molar-refractivity contribution is 5.79. The molecule has 0 radical (unpaired) electrons. The molecule has 0 spiro atoms. The minimum Gasteiger partial charge on any atom is -0.369 e. The van der Waals surface area contributed by atoms with Crippen LogP contribution in [-0.2, 0) is 4.79 Å². The summed E-state index contributed by atoms with van der Waals surface area (Å²) in [5.41, 5.74) is 1.74. The van der Waals surface area contributed by atoms with Gasteiger partial charge in [-0.3, -0.25) is 4.79 Å². The van der Waals surface area contributed by atoms with E-state index in [0.717, 1.165) is 18.4 Å². The van der Waals surface area contributed by atoms with Crippen LogP contribution < -0.4 is 10.2 Å². The van der Waals surface area contributed by atoms with Gasteiger partial charge in [-0.1, -0.05) is 42.5 Å². The number of hydrogen-bond donors (Lipinski definition) is 1. The first kappa shape index (κ1) is 16.5. The summed E-state index contributed by atoms with van der Waals surface area (Å²) in [5, 5.41) is 3.10. The Morgan fingerprint density at radius 3 is 2.38 bits per heavy atom. The molecule has 1 aliphatic heterocycles. The van der Waals surface area contributed by atoms with Crippen LogP contribution in [0.1, 0.15) is 31.4 Å².